The lowest BCUT2D eigenvalue weighted by Crippen LogP contribution is -2.60. The van der Waals surface area contributed by atoms with Crippen LogP contribution in [0.1, 0.15) is 55.4 Å². The first-order valence-corrected chi connectivity index (χ1v) is 26.7. The Kier molecular flexibility index (Phi) is 24.4. The largest absolute Gasteiger partial charge is 0.508 e. The standard InChI is InChI=1S/C57H69N13O15/c1-30(64-55(82)44(26-47(60)74)66-49(76)29-62-52(79)41(23-33-12-16-36(71)17-13-33)68-53(80)40(20-21-46(59)73)65-48(75)27-58)50(77)67-43(25-35-28-61-39-11-7-6-10-38(35)39)56(83)69-42(22-32-8-4-3-5-9-32)54(81)63-31(2)51(78)70-45(57(84)85)24-34-14-18-37(72)19-15-34/h3-19,28,30-31,40-45,61,71-72H,20-27,29,58H2,1-2H3,(H2,59,73)(H2,60,74)(H,62,79)(H,63,81)(H,64,82)(H,65,75)(H,66,76)(H,67,77)(H,68,80)(H,69,83)(H,70,78)(H,84,85)/t30-,31-,40-,41-,42-,43-,44-,45-/m0/s1. The van der Waals surface area contributed by atoms with Crippen molar-refractivity contribution in [2.75, 3.05) is 13.1 Å². The topological polar surface area (TPSA) is 468 Å². The van der Waals surface area contributed by atoms with Gasteiger partial charge in [0.2, 0.25) is 65.0 Å². The number of para-hydroxylation sites is 1. The fraction of sp³-hybridized carbons (Fsp3) is 0.333. The molecular formula is C57H69N13O15. The number of benzene rings is 4. The van der Waals surface area contributed by atoms with E-state index in [2.05, 4.69) is 52.8 Å². The number of aliphatic carboxylic acids is 1. The molecule has 452 valence electrons. The highest BCUT2D eigenvalue weighted by atomic mass is 16.4. The molecule has 5 rings (SSSR count). The predicted octanol–water partition coefficient (Wildman–Crippen LogP) is -2.93. The summed E-state index contributed by atoms with van der Waals surface area (Å²) >= 11 is 0. The summed E-state index contributed by atoms with van der Waals surface area (Å²) in [7, 11) is 0. The molecule has 0 aliphatic rings. The zero-order valence-corrected chi connectivity index (χ0v) is 46.3. The molecule has 0 saturated carbocycles. The minimum absolute atomic E-state index is 0.0474. The van der Waals surface area contributed by atoms with E-state index >= 15 is 0 Å². The van der Waals surface area contributed by atoms with Crippen LogP contribution in [0, 0.1) is 0 Å². The molecule has 0 fully saturated rings. The average molecular weight is 1180 g/mol. The first kappa shape index (κ1) is 65.4. The van der Waals surface area contributed by atoms with Crippen LogP contribution in [0.15, 0.2) is 109 Å². The maximum Gasteiger partial charge on any atom is 0.326 e. The first-order chi connectivity index (χ1) is 40.4. The van der Waals surface area contributed by atoms with Crippen molar-refractivity contribution < 1.29 is 72.9 Å². The van der Waals surface area contributed by atoms with Crippen LogP contribution < -0.4 is 65.1 Å². The van der Waals surface area contributed by atoms with Gasteiger partial charge in [0.25, 0.3) is 0 Å². The van der Waals surface area contributed by atoms with Crippen molar-refractivity contribution in [3.8, 4) is 11.5 Å². The van der Waals surface area contributed by atoms with E-state index in [9.17, 15) is 72.9 Å². The lowest BCUT2D eigenvalue weighted by Gasteiger charge is -2.26. The van der Waals surface area contributed by atoms with Gasteiger partial charge in [-0.2, -0.15) is 0 Å². The monoisotopic (exact) mass is 1180 g/mol. The van der Waals surface area contributed by atoms with Crippen LogP contribution in [0.4, 0.5) is 0 Å². The number of aromatic nitrogens is 1. The van der Waals surface area contributed by atoms with E-state index in [0.29, 0.717) is 33.2 Å². The van der Waals surface area contributed by atoms with Crippen LogP contribution in [0.25, 0.3) is 10.9 Å². The highest BCUT2D eigenvalue weighted by Gasteiger charge is 2.34. The number of aromatic hydroxyl groups is 2. The molecule has 8 atom stereocenters. The van der Waals surface area contributed by atoms with E-state index in [1.165, 1.54) is 62.4 Å². The normalized spacial score (nSPS) is 13.7. The minimum atomic E-state index is -1.75. The van der Waals surface area contributed by atoms with Crippen molar-refractivity contribution in [1.82, 2.24) is 52.8 Å². The number of phenols is 2. The molecule has 19 N–H and O–H groups in total. The lowest BCUT2D eigenvalue weighted by molar-refractivity contribution is -0.142. The number of H-pyrrole nitrogens is 1. The molecule has 0 radical (unpaired) electrons. The molecule has 0 aliphatic heterocycles. The summed E-state index contributed by atoms with van der Waals surface area (Å²) in [6.07, 6.45) is -0.492. The number of hydrogen-bond donors (Lipinski definition) is 16. The van der Waals surface area contributed by atoms with Crippen LogP contribution in [-0.2, 0) is 83.2 Å². The van der Waals surface area contributed by atoms with Gasteiger partial charge in [-0.15, -0.1) is 0 Å². The number of aromatic amines is 1. The molecule has 28 nitrogen and oxygen atoms in total. The Morgan fingerprint density at radius 3 is 1.46 bits per heavy atom. The molecule has 5 aromatic rings. The van der Waals surface area contributed by atoms with E-state index in [0.717, 1.165) is 0 Å². The Hall–Kier alpha value is -10.4. The smallest absolute Gasteiger partial charge is 0.326 e. The third kappa shape index (κ3) is 21.2. The number of fused-ring (bicyclic) bond motifs is 1. The number of carbonyl (C=O) groups is 12. The predicted molar refractivity (Wildman–Crippen MR) is 305 cm³/mol. The molecule has 11 amide bonds. The van der Waals surface area contributed by atoms with Crippen LogP contribution >= 0.6 is 0 Å². The number of carboxylic acids is 1. The van der Waals surface area contributed by atoms with Gasteiger partial charge in [-0.1, -0.05) is 72.8 Å². The van der Waals surface area contributed by atoms with Crippen molar-refractivity contribution in [3.05, 3.63) is 132 Å². The van der Waals surface area contributed by atoms with E-state index in [-0.39, 0.29) is 50.0 Å². The fourth-order valence-electron chi connectivity index (χ4n) is 8.59. The van der Waals surface area contributed by atoms with Crippen LogP contribution in [0.2, 0.25) is 0 Å². The van der Waals surface area contributed by atoms with Gasteiger partial charge < -0.3 is 85.4 Å². The molecule has 0 bridgehead atoms. The molecule has 28 heteroatoms. The fourth-order valence-corrected chi connectivity index (χ4v) is 8.59. The van der Waals surface area contributed by atoms with Crippen LogP contribution in [0.3, 0.4) is 0 Å². The van der Waals surface area contributed by atoms with E-state index in [1.807, 2.05) is 0 Å². The zero-order chi connectivity index (χ0) is 62.3. The maximum absolute atomic E-state index is 14.6. The van der Waals surface area contributed by atoms with Crippen molar-refractivity contribution in [2.24, 2.45) is 17.2 Å². The molecule has 4 aromatic carbocycles. The highest BCUT2D eigenvalue weighted by Crippen LogP contribution is 2.20. The Morgan fingerprint density at radius 2 is 0.918 bits per heavy atom. The van der Waals surface area contributed by atoms with Crippen molar-refractivity contribution in [1.29, 1.82) is 0 Å². The highest BCUT2D eigenvalue weighted by molar-refractivity contribution is 5.99. The Morgan fingerprint density at radius 1 is 0.471 bits per heavy atom. The molecule has 0 aliphatic carbocycles. The average Bonchev–Trinajstić information content (AvgIpc) is 4.00. The summed E-state index contributed by atoms with van der Waals surface area (Å²) in [5, 5.41) is 52.1. The molecule has 1 aromatic heterocycles. The second-order valence-corrected chi connectivity index (χ2v) is 19.9. The third-order valence-corrected chi connectivity index (χ3v) is 13.1. The van der Waals surface area contributed by atoms with Crippen LogP contribution in [0.5, 0.6) is 11.5 Å². The van der Waals surface area contributed by atoms with E-state index < -0.39 is 139 Å². The number of nitrogens with two attached hydrogens (primary N) is 3. The molecule has 1 heterocycles. The number of carboxylic acid groups (broad SMARTS) is 1. The molecule has 0 spiro atoms. The van der Waals surface area contributed by atoms with Gasteiger partial charge in [-0.3, -0.25) is 52.7 Å². The number of amides is 11. The zero-order valence-electron chi connectivity index (χ0n) is 46.3. The Labute approximate surface area is 486 Å². The quantitative estimate of drug-likeness (QED) is 0.0205. The molecule has 0 saturated heterocycles. The lowest BCUT2D eigenvalue weighted by atomic mass is 10.0. The Balaban J connectivity index is 1.30. The van der Waals surface area contributed by atoms with Crippen molar-refractivity contribution in [2.45, 2.75) is 107 Å². The minimum Gasteiger partial charge on any atom is -0.508 e. The number of hydrogen-bond acceptors (Lipinski definition) is 15. The second-order valence-electron chi connectivity index (χ2n) is 19.9. The van der Waals surface area contributed by atoms with Crippen LogP contribution in [-0.4, -0.2) is 153 Å². The Bertz CT molecular complexity index is 3210. The van der Waals surface area contributed by atoms with Crippen molar-refractivity contribution in [3.63, 3.8) is 0 Å². The number of rotatable bonds is 32. The summed E-state index contributed by atoms with van der Waals surface area (Å²) in [5.41, 5.74) is 18.8. The summed E-state index contributed by atoms with van der Waals surface area (Å²) in [5.74, 6) is -11.7. The van der Waals surface area contributed by atoms with Crippen molar-refractivity contribution >= 4 is 81.9 Å². The molecule has 85 heavy (non-hydrogen) atoms. The van der Waals surface area contributed by atoms with Gasteiger partial charge in [-0.25, -0.2) is 4.79 Å². The summed E-state index contributed by atoms with van der Waals surface area (Å²) in [6.45, 7) is 1.17. The van der Waals surface area contributed by atoms with Gasteiger partial charge >= 0.3 is 5.97 Å². The van der Waals surface area contributed by atoms with Gasteiger partial charge in [0.05, 0.1) is 19.5 Å². The second kappa shape index (κ2) is 31.7. The van der Waals surface area contributed by atoms with Gasteiger partial charge in [-0.05, 0) is 72.9 Å². The number of carbonyl (C=O) groups excluding carboxylic acids is 11. The summed E-state index contributed by atoms with van der Waals surface area (Å²) < 4.78 is 0. The molecular weight excluding hydrogens is 1110 g/mol. The number of nitrogens with one attached hydrogen (secondary N) is 10. The number of phenolic OH excluding ortho intramolecular Hbond substituents is 2. The van der Waals surface area contributed by atoms with Gasteiger partial charge in [0.15, 0.2) is 0 Å². The number of primary amides is 2. The van der Waals surface area contributed by atoms with E-state index in [4.69, 9.17) is 17.2 Å². The summed E-state index contributed by atoms with van der Waals surface area (Å²) in [6, 6.07) is 15.0. The first-order valence-electron chi connectivity index (χ1n) is 26.7. The van der Waals surface area contributed by atoms with Gasteiger partial charge in [0.1, 0.15) is 59.8 Å². The molecule has 0 unspecified atom stereocenters. The maximum atomic E-state index is 14.6. The van der Waals surface area contributed by atoms with Gasteiger partial charge in [0, 0.05) is 49.2 Å². The van der Waals surface area contributed by atoms with E-state index in [1.54, 1.807) is 60.8 Å². The third-order valence-electron chi connectivity index (χ3n) is 13.1. The SMILES string of the molecule is C[C@H](NC(=O)[C@H](CC(N)=O)NC(=O)CNC(=O)[C@H](Cc1ccc(O)cc1)NC(=O)[C@H](CCC(N)=O)NC(=O)CN)C(=O)N[C@@H](Cc1c[nH]c2ccccc12)C(=O)N[C@@H](Cc1ccccc1)C(=O)N[C@@H](C)C(=O)N[C@@H](Cc1ccc(O)cc1)C(=O)O. The summed E-state index contributed by atoms with van der Waals surface area (Å²) in [4.78, 5) is 162.